The molecule has 0 spiro atoms. The van der Waals surface area contributed by atoms with Crippen LogP contribution >= 0.6 is 0 Å². The SMILES string of the molecule is COc1ccccc1NC(=O)NC(=O)C(F)(F)F. The first-order valence-electron chi connectivity index (χ1n) is 4.66. The molecular weight excluding hydrogens is 253 g/mol. The molecule has 0 radical (unpaired) electrons. The molecular formula is C10H9F3N2O3. The summed E-state index contributed by atoms with van der Waals surface area (Å²) in [7, 11) is 1.33. The lowest BCUT2D eigenvalue weighted by Crippen LogP contribution is -2.42. The van der Waals surface area contributed by atoms with E-state index in [1.54, 1.807) is 12.1 Å². The van der Waals surface area contributed by atoms with Crippen LogP contribution in [0.15, 0.2) is 24.3 Å². The van der Waals surface area contributed by atoms with Crippen molar-refractivity contribution in [3.05, 3.63) is 24.3 Å². The molecule has 8 heteroatoms. The van der Waals surface area contributed by atoms with Crippen LogP contribution < -0.4 is 15.4 Å². The minimum atomic E-state index is -5.11. The molecule has 1 aromatic carbocycles. The lowest BCUT2D eigenvalue weighted by atomic mass is 10.3. The highest BCUT2D eigenvalue weighted by atomic mass is 19.4. The molecule has 0 aromatic heterocycles. The summed E-state index contributed by atoms with van der Waals surface area (Å²) >= 11 is 0. The first kappa shape index (κ1) is 13.8. The van der Waals surface area contributed by atoms with Gasteiger partial charge in [-0.15, -0.1) is 0 Å². The summed E-state index contributed by atoms with van der Waals surface area (Å²) < 4.78 is 40.5. The monoisotopic (exact) mass is 262 g/mol. The molecule has 0 saturated carbocycles. The molecule has 0 heterocycles. The molecule has 2 N–H and O–H groups in total. The number of hydrogen-bond acceptors (Lipinski definition) is 3. The molecule has 0 unspecified atom stereocenters. The summed E-state index contributed by atoms with van der Waals surface area (Å²) in [6.07, 6.45) is -5.11. The summed E-state index contributed by atoms with van der Waals surface area (Å²) in [6.45, 7) is 0. The van der Waals surface area contributed by atoms with E-state index in [0.29, 0.717) is 0 Å². The molecule has 0 aliphatic heterocycles. The second-order valence-corrected chi connectivity index (χ2v) is 3.11. The largest absolute Gasteiger partial charge is 0.495 e. The number of benzene rings is 1. The Labute approximate surface area is 99.9 Å². The second-order valence-electron chi connectivity index (χ2n) is 3.11. The van der Waals surface area contributed by atoms with Crippen molar-refractivity contribution in [3.8, 4) is 5.75 Å². The Morgan fingerprint density at radius 1 is 1.22 bits per heavy atom. The smallest absolute Gasteiger partial charge is 0.471 e. The number of urea groups is 1. The van der Waals surface area contributed by atoms with E-state index in [1.807, 2.05) is 0 Å². The third-order valence-corrected chi connectivity index (χ3v) is 1.84. The van der Waals surface area contributed by atoms with Crippen molar-refractivity contribution < 1.29 is 27.5 Å². The summed E-state index contributed by atoms with van der Waals surface area (Å²) in [5, 5.41) is 3.22. The zero-order valence-electron chi connectivity index (χ0n) is 9.17. The van der Waals surface area contributed by atoms with Gasteiger partial charge in [-0.05, 0) is 12.1 Å². The zero-order chi connectivity index (χ0) is 13.8. The van der Waals surface area contributed by atoms with Crippen LogP contribution in [0, 0.1) is 0 Å². The lowest BCUT2D eigenvalue weighted by Gasteiger charge is -2.11. The van der Waals surface area contributed by atoms with Crippen molar-refractivity contribution in [3.63, 3.8) is 0 Å². The van der Waals surface area contributed by atoms with E-state index in [4.69, 9.17) is 4.74 Å². The van der Waals surface area contributed by atoms with Gasteiger partial charge in [0.05, 0.1) is 12.8 Å². The van der Waals surface area contributed by atoms with E-state index in [-0.39, 0.29) is 11.4 Å². The van der Waals surface area contributed by atoms with E-state index < -0.39 is 18.1 Å². The van der Waals surface area contributed by atoms with Crippen LogP contribution in [0.4, 0.5) is 23.7 Å². The van der Waals surface area contributed by atoms with Gasteiger partial charge in [-0.1, -0.05) is 12.1 Å². The molecule has 5 nitrogen and oxygen atoms in total. The summed E-state index contributed by atoms with van der Waals surface area (Å²) in [6, 6.07) is 4.78. The fraction of sp³-hybridized carbons (Fsp3) is 0.200. The van der Waals surface area contributed by atoms with Crippen LogP contribution in [-0.4, -0.2) is 25.2 Å². The summed E-state index contributed by atoms with van der Waals surface area (Å²) in [4.78, 5) is 21.6. The number of halogens is 3. The second kappa shape index (κ2) is 5.39. The molecule has 0 bridgehead atoms. The van der Waals surface area contributed by atoms with Gasteiger partial charge in [-0.25, -0.2) is 4.79 Å². The normalized spacial score (nSPS) is 10.7. The molecule has 0 aliphatic carbocycles. The Morgan fingerprint density at radius 3 is 2.39 bits per heavy atom. The van der Waals surface area contributed by atoms with Gasteiger partial charge in [-0.3, -0.25) is 10.1 Å². The van der Waals surface area contributed by atoms with Gasteiger partial charge in [0.1, 0.15) is 5.75 Å². The van der Waals surface area contributed by atoms with E-state index in [2.05, 4.69) is 5.32 Å². The Kier molecular flexibility index (Phi) is 4.13. The molecule has 18 heavy (non-hydrogen) atoms. The number of imide groups is 1. The van der Waals surface area contributed by atoms with Crippen molar-refractivity contribution >= 4 is 17.6 Å². The zero-order valence-corrected chi connectivity index (χ0v) is 9.17. The number of ether oxygens (including phenoxy) is 1. The number of para-hydroxylation sites is 2. The molecule has 3 amide bonds. The maximum Gasteiger partial charge on any atom is 0.471 e. The number of nitrogens with one attached hydrogen (secondary N) is 2. The number of rotatable bonds is 2. The van der Waals surface area contributed by atoms with E-state index in [1.165, 1.54) is 19.2 Å². The van der Waals surface area contributed by atoms with Crippen LogP contribution in [0.3, 0.4) is 0 Å². The van der Waals surface area contributed by atoms with Gasteiger partial charge in [0, 0.05) is 0 Å². The third-order valence-electron chi connectivity index (χ3n) is 1.84. The lowest BCUT2D eigenvalue weighted by molar-refractivity contribution is -0.172. The molecule has 1 rings (SSSR count). The Bertz CT molecular complexity index is 460. The average Bonchev–Trinajstić information content (AvgIpc) is 2.28. The van der Waals surface area contributed by atoms with Crippen molar-refractivity contribution in [2.45, 2.75) is 6.18 Å². The minimum Gasteiger partial charge on any atom is -0.495 e. The van der Waals surface area contributed by atoms with Crippen LogP contribution in [0.2, 0.25) is 0 Å². The highest BCUT2D eigenvalue weighted by Gasteiger charge is 2.39. The van der Waals surface area contributed by atoms with Gasteiger partial charge in [-0.2, -0.15) is 13.2 Å². The fourth-order valence-electron chi connectivity index (χ4n) is 1.08. The summed E-state index contributed by atoms with van der Waals surface area (Å²) in [5.74, 6) is -2.08. The number of alkyl halides is 3. The maximum absolute atomic E-state index is 11.9. The van der Waals surface area contributed by atoms with Crippen LogP contribution in [-0.2, 0) is 4.79 Å². The van der Waals surface area contributed by atoms with Crippen molar-refractivity contribution in [2.24, 2.45) is 0 Å². The Balaban J connectivity index is 2.68. The predicted octanol–water partition coefficient (Wildman–Crippen LogP) is 1.91. The van der Waals surface area contributed by atoms with Gasteiger partial charge in [0.15, 0.2) is 0 Å². The molecule has 0 fully saturated rings. The standard InChI is InChI=1S/C10H9F3N2O3/c1-18-7-5-3-2-4-6(7)14-9(17)15-8(16)10(11,12)13/h2-5H,1H3,(H2,14,15,16,17). The van der Waals surface area contributed by atoms with Crippen LogP contribution in [0.5, 0.6) is 5.75 Å². The van der Waals surface area contributed by atoms with E-state index in [0.717, 1.165) is 5.32 Å². The van der Waals surface area contributed by atoms with E-state index >= 15 is 0 Å². The first-order chi connectivity index (χ1) is 8.34. The predicted molar refractivity (Wildman–Crippen MR) is 56.2 cm³/mol. The van der Waals surface area contributed by atoms with E-state index in [9.17, 15) is 22.8 Å². The highest BCUT2D eigenvalue weighted by Crippen LogP contribution is 2.22. The van der Waals surface area contributed by atoms with Gasteiger partial charge in [0.25, 0.3) is 0 Å². The molecule has 1 aromatic rings. The van der Waals surface area contributed by atoms with Crippen molar-refractivity contribution in [2.75, 3.05) is 12.4 Å². The molecule has 0 atom stereocenters. The van der Waals surface area contributed by atoms with Crippen LogP contribution in [0.25, 0.3) is 0 Å². The molecule has 0 aliphatic rings. The number of carbonyl (C=O) groups is 2. The topological polar surface area (TPSA) is 67.4 Å². The van der Waals surface area contributed by atoms with Crippen molar-refractivity contribution in [1.29, 1.82) is 0 Å². The first-order valence-corrected chi connectivity index (χ1v) is 4.66. The number of hydrogen-bond donors (Lipinski definition) is 2. The third kappa shape index (κ3) is 3.65. The van der Waals surface area contributed by atoms with Crippen LogP contribution in [0.1, 0.15) is 0 Å². The molecule has 98 valence electrons. The number of methoxy groups -OCH3 is 1. The Hall–Kier alpha value is -2.25. The number of amides is 3. The van der Waals surface area contributed by atoms with Crippen molar-refractivity contribution in [1.82, 2.24) is 5.32 Å². The summed E-state index contributed by atoms with van der Waals surface area (Å²) in [5.41, 5.74) is 0.146. The minimum absolute atomic E-state index is 0.146. The number of carbonyl (C=O) groups excluding carboxylic acids is 2. The fourth-order valence-corrected chi connectivity index (χ4v) is 1.08. The Morgan fingerprint density at radius 2 is 1.83 bits per heavy atom. The highest BCUT2D eigenvalue weighted by molar-refractivity contribution is 6.03. The number of anilines is 1. The quantitative estimate of drug-likeness (QED) is 0.855. The van der Waals surface area contributed by atoms with Gasteiger partial charge in [0.2, 0.25) is 0 Å². The molecule has 0 saturated heterocycles. The van der Waals surface area contributed by atoms with Gasteiger partial charge < -0.3 is 10.1 Å². The average molecular weight is 262 g/mol. The maximum atomic E-state index is 11.9. The van der Waals surface area contributed by atoms with Gasteiger partial charge >= 0.3 is 18.1 Å².